The molecule has 136 valence electrons. The first-order valence-electron chi connectivity index (χ1n) is 8.02. The first kappa shape index (κ1) is 21.1. The normalized spacial score (nSPS) is 11.0. The van der Waals surface area contributed by atoms with E-state index < -0.39 is 0 Å². The lowest BCUT2D eigenvalue weighted by molar-refractivity contribution is 0.476. The number of nitrogens with zero attached hydrogens (tertiary/aromatic N) is 5. The minimum atomic E-state index is 0. The molecule has 0 spiro atoms. The number of nitrogens with one attached hydrogen (secondary N) is 1. The Bertz CT molecular complexity index is 722. The standard InChI is InChI=1S/C18H26N6.HI/c1-6-11-19-18(20-12-17-22-21-15(3)24(17)5)23(4)13-16-10-8-7-9-14(16)2;/h6-10H,1,11-13H2,2-5H3,(H,19,20);1H. The summed E-state index contributed by atoms with van der Waals surface area (Å²) in [6.07, 6.45) is 1.82. The Morgan fingerprint density at radius 2 is 2.04 bits per heavy atom. The van der Waals surface area contributed by atoms with E-state index in [9.17, 15) is 0 Å². The number of hydrogen-bond donors (Lipinski definition) is 1. The summed E-state index contributed by atoms with van der Waals surface area (Å²) in [6, 6.07) is 8.38. The third-order valence-electron chi connectivity index (χ3n) is 3.99. The average molecular weight is 454 g/mol. The first-order valence-corrected chi connectivity index (χ1v) is 8.02. The lowest BCUT2D eigenvalue weighted by Crippen LogP contribution is -2.38. The van der Waals surface area contributed by atoms with Crippen molar-refractivity contribution in [2.45, 2.75) is 26.9 Å². The number of halogens is 1. The average Bonchev–Trinajstić information content (AvgIpc) is 2.89. The molecule has 0 atom stereocenters. The van der Waals surface area contributed by atoms with Crippen LogP contribution in [0.1, 0.15) is 22.8 Å². The predicted octanol–water partition coefficient (Wildman–Crippen LogP) is 2.81. The predicted molar refractivity (Wildman–Crippen MR) is 113 cm³/mol. The fourth-order valence-corrected chi connectivity index (χ4v) is 2.33. The maximum atomic E-state index is 4.69. The summed E-state index contributed by atoms with van der Waals surface area (Å²) in [5, 5.41) is 11.5. The summed E-state index contributed by atoms with van der Waals surface area (Å²) in [5.74, 6) is 2.54. The van der Waals surface area contributed by atoms with E-state index >= 15 is 0 Å². The van der Waals surface area contributed by atoms with Gasteiger partial charge in [0.1, 0.15) is 12.4 Å². The number of benzene rings is 1. The van der Waals surface area contributed by atoms with Gasteiger partial charge in [0, 0.05) is 27.2 Å². The fraction of sp³-hybridized carbons (Fsp3) is 0.389. The van der Waals surface area contributed by atoms with Crippen LogP contribution in [0.25, 0.3) is 0 Å². The van der Waals surface area contributed by atoms with Gasteiger partial charge in [-0.15, -0.1) is 40.8 Å². The lowest BCUT2D eigenvalue weighted by Gasteiger charge is -2.23. The van der Waals surface area contributed by atoms with Crippen molar-refractivity contribution in [2.75, 3.05) is 13.6 Å². The van der Waals surface area contributed by atoms with Crippen molar-refractivity contribution in [3.63, 3.8) is 0 Å². The number of aliphatic imine (C=N–C) groups is 1. The second kappa shape index (κ2) is 10.2. The second-order valence-electron chi connectivity index (χ2n) is 5.81. The summed E-state index contributed by atoms with van der Waals surface area (Å²) < 4.78 is 1.95. The zero-order valence-electron chi connectivity index (χ0n) is 15.4. The summed E-state index contributed by atoms with van der Waals surface area (Å²) >= 11 is 0. The number of rotatable bonds is 6. The van der Waals surface area contributed by atoms with Gasteiger partial charge in [-0.1, -0.05) is 30.3 Å². The highest BCUT2D eigenvalue weighted by atomic mass is 127. The molecule has 0 saturated carbocycles. The van der Waals surface area contributed by atoms with Crippen molar-refractivity contribution < 1.29 is 0 Å². The van der Waals surface area contributed by atoms with Crippen molar-refractivity contribution in [1.29, 1.82) is 0 Å². The van der Waals surface area contributed by atoms with Crippen LogP contribution in [-0.4, -0.2) is 39.2 Å². The molecule has 0 radical (unpaired) electrons. The topological polar surface area (TPSA) is 58.3 Å². The monoisotopic (exact) mass is 454 g/mol. The van der Waals surface area contributed by atoms with Crippen LogP contribution in [0.5, 0.6) is 0 Å². The molecule has 1 N–H and O–H groups in total. The maximum absolute atomic E-state index is 4.69. The molecule has 0 aliphatic rings. The van der Waals surface area contributed by atoms with Crippen LogP contribution in [0, 0.1) is 13.8 Å². The summed E-state index contributed by atoms with van der Waals surface area (Å²) in [4.78, 5) is 6.80. The van der Waals surface area contributed by atoms with Gasteiger partial charge in [-0.3, -0.25) is 0 Å². The van der Waals surface area contributed by atoms with Crippen LogP contribution in [0.3, 0.4) is 0 Å². The Labute approximate surface area is 167 Å². The number of aromatic nitrogens is 3. The molecular formula is C18H27IN6. The molecular weight excluding hydrogens is 427 g/mol. The Balaban J connectivity index is 0.00000312. The highest BCUT2D eigenvalue weighted by Gasteiger charge is 2.10. The molecule has 2 aromatic rings. The van der Waals surface area contributed by atoms with Gasteiger partial charge in [-0.25, -0.2) is 4.99 Å². The molecule has 1 aromatic heterocycles. The highest BCUT2D eigenvalue weighted by Crippen LogP contribution is 2.10. The number of guanidine groups is 1. The molecule has 25 heavy (non-hydrogen) atoms. The smallest absolute Gasteiger partial charge is 0.194 e. The lowest BCUT2D eigenvalue weighted by atomic mass is 10.1. The van der Waals surface area contributed by atoms with Crippen molar-refractivity contribution in [3.05, 3.63) is 59.7 Å². The summed E-state index contributed by atoms with van der Waals surface area (Å²) in [6.45, 7) is 9.75. The zero-order chi connectivity index (χ0) is 17.5. The van der Waals surface area contributed by atoms with E-state index in [-0.39, 0.29) is 24.0 Å². The molecule has 0 amide bonds. The van der Waals surface area contributed by atoms with E-state index in [2.05, 4.69) is 58.2 Å². The fourth-order valence-electron chi connectivity index (χ4n) is 2.33. The Morgan fingerprint density at radius 1 is 1.32 bits per heavy atom. The molecule has 0 aliphatic heterocycles. The minimum Gasteiger partial charge on any atom is -0.353 e. The van der Waals surface area contributed by atoms with E-state index in [1.54, 1.807) is 0 Å². The molecule has 0 bridgehead atoms. The van der Waals surface area contributed by atoms with Gasteiger partial charge in [0.15, 0.2) is 11.8 Å². The van der Waals surface area contributed by atoms with Gasteiger partial charge in [0.05, 0.1) is 0 Å². The van der Waals surface area contributed by atoms with Crippen molar-refractivity contribution in [2.24, 2.45) is 12.0 Å². The SMILES string of the molecule is C=CCNC(=NCc1nnc(C)n1C)N(C)Cc1ccccc1C.I. The molecule has 0 aliphatic carbocycles. The van der Waals surface area contributed by atoms with Crippen LogP contribution in [0.4, 0.5) is 0 Å². The van der Waals surface area contributed by atoms with E-state index in [0.29, 0.717) is 13.1 Å². The number of hydrogen-bond acceptors (Lipinski definition) is 3. The largest absolute Gasteiger partial charge is 0.353 e. The summed E-state index contributed by atoms with van der Waals surface area (Å²) in [5.41, 5.74) is 2.55. The third-order valence-corrected chi connectivity index (χ3v) is 3.99. The molecule has 7 heteroatoms. The van der Waals surface area contributed by atoms with Crippen molar-refractivity contribution >= 4 is 29.9 Å². The third kappa shape index (κ3) is 5.84. The minimum absolute atomic E-state index is 0. The molecule has 0 saturated heterocycles. The van der Waals surface area contributed by atoms with Crippen LogP contribution in [-0.2, 0) is 20.1 Å². The van der Waals surface area contributed by atoms with E-state index in [1.165, 1.54) is 11.1 Å². The Hall–Kier alpha value is -1.90. The maximum Gasteiger partial charge on any atom is 0.194 e. The second-order valence-corrected chi connectivity index (χ2v) is 5.81. The van der Waals surface area contributed by atoms with E-state index in [1.807, 2.05) is 31.7 Å². The van der Waals surface area contributed by atoms with Crippen LogP contribution < -0.4 is 5.32 Å². The van der Waals surface area contributed by atoms with Crippen molar-refractivity contribution in [3.8, 4) is 0 Å². The quantitative estimate of drug-likeness (QED) is 0.316. The number of aryl methyl sites for hydroxylation is 2. The Morgan fingerprint density at radius 3 is 2.64 bits per heavy atom. The van der Waals surface area contributed by atoms with Gasteiger partial charge in [-0.2, -0.15) is 0 Å². The molecule has 2 rings (SSSR count). The van der Waals surface area contributed by atoms with E-state index in [0.717, 1.165) is 24.2 Å². The molecule has 0 unspecified atom stereocenters. The Kier molecular flexibility index (Phi) is 8.60. The van der Waals surface area contributed by atoms with Crippen LogP contribution in [0.15, 0.2) is 41.9 Å². The zero-order valence-corrected chi connectivity index (χ0v) is 17.7. The van der Waals surface area contributed by atoms with Gasteiger partial charge < -0.3 is 14.8 Å². The van der Waals surface area contributed by atoms with Crippen LogP contribution >= 0.6 is 24.0 Å². The van der Waals surface area contributed by atoms with E-state index in [4.69, 9.17) is 4.99 Å². The molecule has 6 nitrogen and oxygen atoms in total. The molecule has 1 heterocycles. The summed E-state index contributed by atoms with van der Waals surface area (Å²) in [7, 11) is 3.98. The first-order chi connectivity index (χ1) is 11.5. The van der Waals surface area contributed by atoms with Crippen LogP contribution in [0.2, 0.25) is 0 Å². The van der Waals surface area contributed by atoms with Crippen molar-refractivity contribution in [1.82, 2.24) is 25.0 Å². The van der Waals surface area contributed by atoms with Gasteiger partial charge >= 0.3 is 0 Å². The van der Waals surface area contributed by atoms with Gasteiger partial charge in [-0.05, 0) is 25.0 Å². The van der Waals surface area contributed by atoms with Gasteiger partial charge in [0.25, 0.3) is 0 Å². The molecule has 1 aromatic carbocycles. The highest BCUT2D eigenvalue weighted by molar-refractivity contribution is 14.0. The van der Waals surface area contributed by atoms with Gasteiger partial charge in [0.2, 0.25) is 0 Å². The molecule has 0 fully saturated rings.